The number of piperidine rings is 1. The van der Waals surface area contributed by atoms with Crippen molar-refractivity contribution in [3.8, 4) is 0 Å². The van der Waals surface area contributed by atoms with Gasteiger partial charge in [-0.15, -0.1) is 0 Å². The molecule has 1 aliphatic heterocycles. The number of H-pyrrole nitrogens is 1. The predicted octanol–water partition coefficient (Wildman–Crippen LogP) is 2.44. The summed E-state index contributed by atoms with van der Waals surface area (Å²) >= 11 is 5.27. The highest BCUT2D eigenvalue weighted by molar-refractivity contribution is 7.71. The van der Waals surface area contributed by atoms with Gasteiger partial charge in [-0.2, -0.15) is 5.10 Å². The summed E-state index contributed by atoms with van der Waals surface area (Å²) in [4.78, 5) is 11.1. The fourth-order valence-electron chi connectivity index (χ4n) is 2.87. The van der Waals surface area contributed by atoms with Gasteiger partial charge in [-0.05, 0) is 45.0 Å². The zero-order chi connectivity index (χ0) is 14.8. The lowest BCUT2D eigenvalue weighted by Gasteiger charge is -2.31. The van der Waals surface area contributed by atoms with E-state index in [1.54, 1.807) is 0 Å². The summed E-state index contributed by atoms with van der Waals surface area (Å²) in [5.41, 5.74) is 1.01. The van der Waals surface area contributed by atoms with Crippen LogP contribution in [0.25, 0.3) is 0 Å². The van der Waals surface area contributed by atoms with Crippen molar-refractivity contribution in [3.63, 3.8) is 0 Å². The first-order valence-electron chi connectivity index (χ1n) is 7.38. The van der Waals surface area contributed by atoms with Gasteiger partial charge in [-0.3, -0.25) is 5.10 Å². The standard InChI is InChI=1S/C14H20N6S/c1-3-20-12(17-18-14(20)21)11-5-8-19(9-6-11)13-15-7-4-10(2)16-13/h4,7,11H,3,5-6,8-9H2,1-2H3,(H,18,21). The second-order valence-electron chi connectivity index (χ2n) is 5.39. The molecule has 1 N–H and O–H groups in total. The van der Waals surface area contributed by atoms with E-state index in [9.17, 15) is 0 Å². The van der Waals surface area contributed by atoms with Crippen LogP contribution in [-0.4, -0.2) is 37.8 Å². The van der Waals surface area contributed by atoms with Gasteiger partial charge in [0.2, 0.25) is 5.95 Å². The lowest BCUT2D eigenvalue weighted by atomic mass is 9.96. The third kappa shape index (κ3) is 2.83. The molecule has 2 aromatic heterocycles. The number of anilines is 1. The minimum absolute atomic E-state index is 0.457. The largest absolute Gasteiger partial charge is 0.341 e. The summed E-state index contributed by atoms with van der Waals surface area (Å²) in [7, 11) is 0. The smallest absolute Gasteiger partial charge is 0.225 e. The maximum Gasteiger partial charge on any atom is 0.225 e. The van der Waals surface area contributed by atoms with Crippen LogP contribution in [0.3, 0.4) is 0 Å². The van der Waals surface area contributed by atoms with Gasteiger partial charge in [-0.25, -0.2) is 9.97 Å². The molecule has 1 aliphatic rings. The molecule has 0 radical (unpaired) electrons. The highest BCUT2D eigenvalue weighted by Crippen LogP contribution is 2.28. The first-order chi connectivity index (χ1) is 10.2. The fourth-order valence-corrected chi connectivity index (χ4v) is 3.14. The Morgan fingerprint density at radius 3 is 2.81 bits per heavy atom. The minimum atomic E-state index is 0.457. The summed E-state index contributed by atoms with van der Waals surface area (Å²) in [6, 6.07) is 1.93. The number of aryl methyl sites for hydroxylation is 1. The SMILES string of the molecule is CCn1c(C2CCN(c3nccc(C)n3)CC2)n[nH]c1=S. The fraction of sp³-hybridized carbons (Fsp3) is 0.571. The van der Waals surface area contributed by atoms with Crippen molar-refractivity contribution in [3.05, 3.63) is 28.6 Å². The second kappa shape index (κ2) is 5.93. The van der Waals surface area contributed by atoms with E-state index in [-0.39, 0.29) is 0 Å². The van der Waals surface area contributed by atoms with E-state index in [4.69, 9.17) is 12.2 Å². The summed E-state index contributed by atoms with van der Waals surface area (Å²) in [6.07, 6.45) is 3.93. The van der Waals surface area contributed by atoms with E-state index in [0.29, 0.717) is 5.92 Å². The Kier molecular flexibility index (Phi) is 4.01. The van der Waals surface area contributed by atoms with Crippen molar-refractivity contribution in [2.24, 2.45) is 0 Å². The molecule has 0 amide bonds. The van der Waals surface area contributed by atoms with Gasteiger partial charge in [0.05, 0.1) is 0 Å². The second-order valence-corrected chi connectivity index (χ2v) is 5.78. The molecule has 3 heterocycles. The Balaban J connectivity index is 1.72. The first-order valence-corrected chi connectivity index (χ1v) is 7.79. The van der Waals surface area contributed by atoms with Crippen LogP contribution in [0.4, 0.5) is 5.95 Å². The summed E-state index contributed by atoms with van der Waals surface area (Å²) in [6.45, 7) is 6.88. The van der Waals surface area contributed by atoms with Gasteiger partial charge < -0.3 is 9.47 Å². The molecular weight excluding hydrogens is 284 g/mol. The van der Waals surface area contributed by atoms with Crippen LogP contribution in [0, 0.1) is 11.7 Å². The van der Waals surface area contributed by atoms with Crippen molar-refractivity contribution >= 4 is 18.2 Å². The highest BCUT2D eigenvalue weighted by Gasteiger charge is 2.25. The number of aromatic nitrogens is 5. The molecule has 112 valence electrons. The number of nitrogens with one attached hydrogen (secondary N) is 1. The summed E-state index contributed by atoms with van der Waals surface area (Å²) in [5.74, 6) is 2.38. The molecule has 3 rings (SSSR count). The third-order valence-electron chi connectivity index (χ3n) is 4.03. The van der Waals surface area contributed by atoms with Crippen LogP contribution >= 0.6 is 12.2 Å². The number of hydrogen-bond acceptors (Lipinski definition) is 5. The monoisotopic (exact) mass is 304 g/mol. The van der Waals surface area contributed by atoms with Crippen LogP contribution < -0.4 is 4.90 Å². The Morgan fingerprint density at radius 2 is 2.14 bits per heavy atom. The molecular formula is C14H20N6S. The van der Waals surface area contributed by atoms with Gasteiger partial charge >= 0.3 is 0 Å². The third-order valence-corrected chi connectivity index (χ3v) is 4.34. The average Bonchev–Trinajstić information content (AvgIpc) is 2.88. The number of aromatic amines is 1. The van der Waals surface area contributed by atoms with E-state index in [1.807, 2.05) is 19.2 Å². The molecule has 1 saturated heterocycles. The summed E-state index contributed by atoms with van der Waals surface area (Å²) < 4.78 is 2.82. The zero-order valence-corrected chi connectivity index (χ0v) is 13.2. The van der Waals surface area contributed by atoms with Gasteiger partial charge in [0.1, 0.15) is 5.82 Å². The molecule has 21 heavy (non-hydrogen) atoms. The maximum atomic E-state index is 5.27. The van der Waals surface area contributed by atoms with Gasteiger partial charge in [0.15, 0.2) is 4.77 Å². The number of nitrogens with zero attached hydrogens (tertiary/aromatic N) is 5. The van der Waals surface area contributed by atoms with E-state index < -0.39 is 0 Å². The van der Waals surface area contributed by atoms with E-state index in [2.05, 4.69) is 36.6 Å². The molecule has 1 fully saturated rings. The van der Waals surface area contributed by atoms with Crippen molar-refractivity contribution in [2.45, 2.75) is 39.2 Å². The Labute approximate surface area is 129 Å². The van der Waals surface area contributed by atoms with E-state index in [1.165, 1.54) is 0 Å². The van der Waals surface area contributed by atoms with E-state index >= 15 is 0 Å². The molecule has 2 aromatic rings. The molecule has 0 bridgehead atoms. The quantitative estimate of drug-likeness (QED) is 0.883. The average molecular weight is 304 g/mol. The summed E-state index contributed by atoms with van der Waals surface area (Å²) in [5, 5.41) is 7.33. The number of rotatable bonds is 3. The van der Waals surface area contributed by atoms with Crippen LogP contribution in [-0.2, 0) is 6.54 Å². The lowest BCUT2D eigenvalue weighted by molar-refractivity contribution is 0.462. The van der Waals surface area contributed by atoms with Crippen LogP contribution in [0.5, 0.6) is 0 Å². The van der Waals surface area contributed by atoms with Crippen molar-refractivity contribution in [1.29, 1.82) is 0 Å². The van der Waals surface area contributed by atoms with Gasteiger partial charge in [-0.1, -0.05) is 0 Å². The van der Waals surface area contributed by atoms with E-state index in [0.717, 1.165) is 54.7 Å². The molecule has 7 heteroatoms. The topological polar surface area (TPSA) is 62.6 Å². The molecule has 0 aliphatic carbocycles. The Morgan fingerprint density at radius 1 is 1.38 bits per heavy atom. The minimum Gasteiger partial charge on any atom is -0.341 e. The van der Waals surface area contributed by atoms with Crippen molar-refractivity contribution in [1.82, 2.24) is 24.7 Å². The molecule has 0 unspecified atom stereocenters. The lowest BCUT2D eigenvalue weighted by Crippen LogP contribution is -2.35. The molecule has 0 spiro atoms. The van der Waals surface area contributed by atoms with Crippen molar-refractivity contribution < 1.29 is 0 Å². The molecule has 0 atom stereocenters. The molecule has 0 saturated carbocycles. The zero-order valence-electron chi connectivity index (χ0n) is 12.4. The van der Waals surface area contributed by atoms with Gasteiger partial charge in [0.25, 0.3) is 0 Å². The van der Waals surface area contributed by atoms with Crippen LogP contribution in [0.2, 0.25) is 0 Å². The van der Waals surface area contributed by atoms with Crippen molar-refractivity contribution in [2.75, 3.05) is 18.0 Å². The highest BCUT2D eigenvalue weighted by atomic mass is 32.1. The van der Waals surface area contributed by atoms with Crippen LogP contribution in [0.1, 0.15) is 37.2 Å². The molecule has 6 nitrogen and oxygen atoms in total. The van der Waals surface area contributed by atoms with Gasteiger partial charge in [0, 0.05) is 37.4 Å². The Bertz CT molecular complexity index is 668. The van der Waals surface area contributed by atoms with Crippen LogP contribution in [0.15, 0.2) is 12.3 Å². The first kappa shape index (κ1) is 14.2. The molecule has 0 aromatic carbocycles. The predicted molar refractivity (Wildman–Crippen MR) is 84.0 cm³/mol. The normalized spacial score (nSPS) is 16.4. The number of hydrogen-bond donors (Lipinski definition) is 1. The maximum absolute atomic E-state index is 5.27. The Hall–Kier alpha value is -1.76.